The van der Waals surface area contributed by atoms with Gasteiger partial charge in [0.05, 0.1) is 0 Å². The van der Waals surface area contributed by atoms with Crippen LogP contribution in [0.3, 0.4) is 0 Å². The highest BCUT2D eigenvalue weighted by molar-refractivity contribution is 7.18. The summed E-state index contributed by atoms with van der Waals surface area (Å²) >= 11 is 1.62. The van der Waals surface area contributed by atoms with E-state index in [9.17, 15) is 0 Å². The Morgan fingerprint density at radius 1 is 0.923 bits per heavy atom. The van der Waals surface area contributed by atoms with Gasteiger partial charge in [-0.25, -0.2) is 0 Å². The molecule has 1 aromatic carbocycles. The summed E-state index contributed by atoms with van der Waals surface area (Å²) in [5, 5.41) is 10.5. The van der Waals surface area contributed by atoms with Crippen LogP contribution in [0.4, 0.5) is 5.13 Å². The predicted molar refractivity (Wildman–Crippen MR) is 107 cm³/mol. The molecule has 0 atom stereocenters. The van der Waals surface area contributed by atoms with Crippen LogP contribution in [0, 0.1) is 0 Å². The number of anilines is 1. The molecule has 1 aliphatic heterocycles. The van der Waals surface area contributed by atoms with Crippen LogP contribution in [0.15, 0.2) is 60.8 Å². The van der Waals surface area contributed by atoms with Gasteiger partial charge < -0.3 is 4.90 Å². The van der Waals surface area contributed by atoms with Gasteiger partial charge in [-0.15, -0.1) is 10.2 Å². The predicted octanol–water partition coefficient (Wildman–Crippen LogP) is 3.44. The Hall–Kier alpha value is -2.57. The minimum Gasteiger partial charge on any atom is -0.344 e. The van der Waals surface area contributed by atoms with Crippen molar-refractivity contribution >= 4 is 22.5 Å². The van der Waals surface area contributed by atoms with Crippen molar-refractivity contribution in [3.63, 3.8) is 0 Å². The quantitative estimate of drug-likeness (QED) is 0.695. The first-order valence-electron chi connectivity index (χ1n) is 8.82. The zero-order valence-electron chi connectivity index (χ0n) is 14.5. The van der Waals surface area contributed by atoms with Gasteiger partial charge in [-0.2, -0.15) is 0 Å². The third kappa shape index (κ3) is 4.15. The third-order valence-electron chi connectivity index (χ3n) is 4.41. The molecule has 0 unspecified atom stereocenters. The summed E-state index contributed by atoms with van der Waals surface area (Å²) in [7, 11) is 0. The van der Waals surface area contributed by atoms with E-state index in [4.69, 9.17) is 0 Å². The normalized spacial score (nSPS) is 15.6. The van der Waals surface area contributed by atoms with E-state index >= 15 is 0 Å². The zero-order chi connectivity index (χ0) is 17.6. The molecule has 0 N–H and O–H groups in total. The molecule has 1 saturated heterocycles. The van der Waals surface area contributed by atoms with Crippen molar-refractivity contribution < 1.29 is 0 Å². The SMILES string of the molecule is C(=C\c1ccccc1)/CN1CCN(c2nnc(-c3ccccn3)s2)CC1. The molecule has 1 aliphatic rings. The topological polar surface area (TPSA) is 45.2 Å². The number of nitrogens with zero attached hydrogens (tertiary/aromatic N) is 5. The molecule has 0 bridgehead atoms. The summed E-state index contributed by atoms with van der Waals surface area (Å²) in [6, 6.07) is 16.3. The standard InChI is InChI=1S/C20H21N5S/c1-2-7-17(8-3-1)9-6-12-24-13-15-25(16-14-24)20-23-22-19(26-20)18-10-4-5-11-21-18/h1-11H,12-16H2/b9-6+. The summed E-state index contributed by atoms with van der Waals surface area (Å²) in [6.07, 6.45) is 6.23. The number of hydrogen-bond acceptors (Lipinski definition) is 6. The van der Waals surface area contributed by atoms with Gasteiger partial charge >= 0.3 is 0 Å². The summed E-state index contributed by atoms with van der Waals surface area (Å²) in [5.74, 6) is 0. The second-order valence-corrected chi connectivity index (χ2v) is 7.16. The van der Waals surface area contributed by atoms with E-state index < -0.39 is 0 Å². The first-order valence-corrected chi connectivity index (χ1v) is 9.64. The fourth-order valence-corrected chi connectivity index (χ4v) is 3.83. The molecule has 4 rings (SSSR count). The number of hydrogen-bond donors (Lipinski definition) is 0. The molecule has 26 heavy (non-hydrogen) atoms. The van der Waals surface area contributed by atoms with Gasteiger partial charge in [-0.05, 0) is 17.7 Å². The molecular formula is C20H21N5S. The van der Waals surface area contributed by atoms with Gasteiger partial charge in [-0.3, -0.25) is 9.88 Å². The van der Waals surface area contributed by atoms with Crippen LogP contribution in [-0.4, -0.2) is 52.8 Å². The van der Waals surface area contributed by atoms with Crippen molar-refractivity contribution in [2.45, 2.75) is 0 Å². The highest BCUT2D eigenvalue weighted by Crippen LogP contribution is 2.27. The number of piperazine rings is 1. The minimum atomic E-state index is 0.883. The van der Waals surface area contributed by atoms with E-state index in [1.165, 1.54) is 5.56 Å². The Balaban J connectivity index is 1.30. The molecule has 0 saturated carbocycles. The molecule has 5 nitrogen and oxygen atoms in total. The molecule has 1 fully saturated rings. The largest absolute Gasteiger partial charge is 0.344 e. The maximum atomic E-state index is 4.37. The van der Waals surface area contributed by atoms with E-state index in [2.05, 4.69) is 61.4 Å². The van der Waals surface area contributed by atoms with Gasteiger partial charge in [0.25, 0.3) is 0 Å². The molecule has 6 heteroatoms. The monoisotopic (exact) mass is 363 g/mol. The minimum absolute atomic E-state index is 0.883. The van der Waals surface area contributed by atoms with E-state index in [0.717, 1.165) is 48.6 Å². The van der Waals surface area contributed by atoms with E-state index in [-0.39, 0.29) is 0 Å². The molecular weight excluding hydrogens is 342 g/mol. The summed E-state index contributed by atoms with van der Waals surface area (Å²) in [4.78, 5) is 9.14. The lowest BCUT2D eigenvalue weighted by Gasteiger charge is -2.33. The molecule has 0 aliphatic carbocycles. The Morgan fingerprint density at radius 3 is 2.50 bits per heavy atom. The first-order chi connectivity index (χ1) is 12.9. The highest BCUT2D eigenvalue weighted by atomic mass is 32.1. The van der Waals surface area contributed by atoms with Crippen LogP contribution in [0.25, 0.3) is 16.8 Å². The summed E-state index contributed by atoms with van der Waals surface area (Å²) < 4.78 is 0. The van der Waals surface area contributed by atoms with Crippen LogP contribution < -0.4 is 4.90 Å². The Morgan fingerprint density at radius 2 is 1.73 bits per heavy atom. The third-order valence-corrected chi connectivity index (χ3v) is 5.42. The van der Waals surface area contributed by atoms with Crippen molar-refractivity contribution in [3.8, 4) is 10.7 Å². The average molecular weight is 363 g/mol. The fraction of sp³-hybridized carbons (Fsp3) is 0.250. The summed E-state index contributed by atoms with van der Waals surface area (Å²) in [5.41, 5.74) is 2.14. The lowest BCUT2D eigenvalue weighted by Crippen LogP contribution is -2.46. The van der Waals surface area contributed by atoms with Crippen LogP contribution in [0.2, 0.25) is 0 Å². The van der Waals surface area contributed by atoms with Crippen molar-refractivity contribution in [2.75, 3.05) is 37.6 Å². The zero-order valence-corrected chi connectivity index (χ0v) is 15.3. The second-order valence-electron chi connectivity index (χ2n) is 6.21. The van der Waals surface area contributed by atoms with Gasteiger partial charge in [0.1, 0.15) is 5.69 Å². The molecule has 0 radical (unpaired) electrons. The van der Waals surface area contributed by atoms with E-state index in [0.29, 0.717) is 0 Å². The van der Waals surface area contributed by atoms with Crippen molar-refractivity contribution in [3.05, 3.63) is 66.4 Å². The Bertz CT molecular complexity index is 839. The van der Waals surface area contributed by atoms with Crippen molar-refractivity contribution in [1.82, 2.24) is 20.1 Å². The van der Waals surface area contributed by atoms with Gasteiger partial charge in [0.15, 0.2) is 5.01 Å². The van der Waals surface area contributed by atoms with Gasteiger partial charge in [0, 0.05) is 38.9 Å². The lowest BCUT2D eigenvalue weighted by atomic mass is 10.2. The number of aromatic nitrogens is 3. The lowest BCUT2D eigenvalue weighted by molar-refractivity contribution is 0.284. The Kier molecular flexibility index (Phi) is 5.33. The number of benzene rings is 1. The molecule has 0 amide bonds. The summed E-state index contributed by atoms with van der Waals surface area (Å²) in [6.45, 7) is 5.03. The van der Waals surface area contributed by atoms with Gasteiger partial charge in [0.2, 0.25) is 5.13 Å². The van der Waals surface area contributed by atoms with E-state index in [1.54, 1.807) is 17.5 Å². The van der Waals surface area contributed by atoms with Crippen molar-refractivity contribution in [2.24, 2.45) is 0 Å². The number of rotatable bonds is 5. The molecule has 2 aromatic heterocycles. The highest BCUT2D eigenvalue weighted by Gasteiger charge is 2.19. The van der Waals surface area contributed by atoms with E-state index in [1.807, 2.05) is 24.3 Å². The fourth-order valence-electron chi connectivity index (χ4n) is 2.96. The van der Waals surface area contributed by atoms with Crippen LogP contribution in [0.5, 0.6) is 0 Å². The average Bonchev–Trinajstić information content (AvgIpc) is 3.20. The molecule has 3 heterocycles. The van der Waals surface area contributed by atoms with Crippen LogP contribution in [-0.2, 0) is 0 Å². The molecule has 132 valence electrons. The molecule has 0 spiro atoms. The Labute approximate surface area is 157 Å². The first kappa shape index (κ1) is 16.9. The van der Waals surface area contributed by atoms with Crippen molar-refractivity contribution in [1.29, 1.82) is 0 Å². The second kappa shape index (κ2) is 8.21. The van der Waals surface area contributed by atoms with Crippen LogP contribution in [0.1, 0.15) is 5.56 Å². The number of pyridine rings is 1. The maximum Gasteiger partial charge on any atom is 0.208 e. The molecule has 3 aromatic rings. The smallest absolute Gasteiger partial charge is 0.208 e. The van der Waals surface area contributed by atoms with Gasteiger partial charge in [-0.1, -0.05) is 59.9 Å². The van der Waals surface area contributed by atoms with Crippen LogP contribution >= 0.6 is 11.3 Å². The maximum absolute atomic E-state index is 4.37.